The van der Waals surface area contributed by atoms with Crippen molar-refractivity contribution in [2.24, 2.45) is 5.73 Å². The van der Waals surface area contributed by atoms with Crippen LogP contribution in [-0.4, -0.2) is 66.3 Å². The van der Waals surface area contributed by atoms with Gasteiger partial charge in [-0.2, -0.15) is 5.10 Å². The quantitative estimate of drug-likeness (QED) is 0.743. The minimum Gasteiger partial charge on any atom is -0.348 e. The topological polar surface area (TPSA) is 110 Å². The summed E-state index contributed by atoms with van der Waals surface area (Å²) in [5.74, 6) is -0.225. The molecule has 3 rings (SSSR count). The third kappa shape index (κ3) is 4.71. The number of aromatic nitrogens is 2. The molecular formula is C19H29N5O3S. The molecule has 3 N–H and O–H groups in total. The van der Waals surface area contributed by atoms with Gasteiger partial charge in [-0.3, -0.25) is 14.4 Å². The molecule has 9 heteroatoms. The molecule has 1 aromatic carbocycles. The molecule has 2 heterocycles. The molecule has 8 nitrogen and oxygen atoms in total. The van der Waals surface area contributed by atoms with E-state index in [1.807, 2.05) is 47.7 Å². The molecule has 2 aromatic rings. The first-order valence-corrected chi connectivity index (χ1v) is 11.7. The molecule has 0 aliphatic carbocycles. The molecule has 1 amide bonds. The minimum absolute atomic E-state index is 0.0251. The fraction of sp³-hybridized carbons (Fsp3) is 0.579. The van der Waals surface area contributed by atoms with Gasteiger partial charge in [-0.25, -0.2) is 8.42 Å². The fourth-order valence-electron chi connectivity index (χ4n) is 3.70. The fourth-order valence-corrected chi connectivity index (χ4v) is 4.53. The third-order valence-corrected chi connectivity index (χ3v) is 6.07. The summed E-state index contributed by atoms with van der Waals surface area (Å²) in [6.45, 7) is 5.39. The molecule has 1 aliphatic heterocycles. The SMILES string of the molecule is CC(C)n1nc(C(=O)NC2CCN(C(N)CS(C)(=O)=O)CC2)c2ccccc21. The largest absolute Gasteiger partial charge is 0.348 e. The number of rotatable bonds is 6. The van der Waals surface area contributed by atoms with Crippen molar-refractivity contribution in [2.75, 3.05) is 25.1 Å². The predicted octanol–water partition coefficient (Wildman–Crippen LogP) is 1.14. The van der Waals surface area contributed by atoms with Crippen molar-refractivity contribution < 1.29 is 13.2 Å². The molecule has 28 heavy (non-hydrogen) atoms. The smallest absolute Gasteiger partial charge is 0.272 e. The second-order valence-electron chi connectivity index (χ2n) is 7.85. The molecule has 0 saturated carbocycles. The van der Waals surface area contributed by atoms with E-state index in [-0.39, 0.29) is 23.7 Å². The standard InChI is InChI=1S/C19H29N5O3S/c1-13(2)24-16-7-5-4-6-15(16)18(22-24)19(25)21-14-8-10-23(11-9-14)17(20)12-28(3,26)27/h4-7,13-14,17H,8-12,20H2,1-3H3,(H,21,25). The van der Waals surface area contributed by atoms with Crippen LogP contribution in [0.4, 0.5) is 0 Å². The molecular weight excluding hydrogens is 378 g/mol. The number of sulfone groups is 1. The normalized spacial score (nSPS) is 17.9. The van der Waals surface area contributed by atoms with Gasteiger partial charge in [0.2, 0.25) is 0 Å². The maximum Gasteiger partial charge on any atom is 0.272 e. The zero-order valence-corrected chi connectivity index (χ0v) is 17.4. The van der Waals surface area contributed by atoms with Crippen LogP contribution in [0.3, 0.4) is 0 Å². The summed E-state index contributed by atoms with van der Waals surface area (Å²) >= 11 is 0. The second kappa shape index (κ2) is 8.18. The molecule has 0 bridgehead atoms. The van der Waals surface area contributed by atoms with Gasteiger partial charge in [-0.05, 0) is 32.8 Å². The Kier molecular flexibility index (Phi) is 6.07. The molecule has 0 radical (unpaired) electrons. The van der Waals surface area contributed by atoms with E-state index in [9.17, 15) is 13.2 Å². The molecule has 1 saturated heterocycles. The lowest BCUT2D eigenvalue weighted by atomic mass is 10.0. The van der Waals surface area contributed by atoms with Gasteiger partial charge in [0.25, 0.3) is 5.91 Å². The zero-order valence-electron chi connectivity index (χ0n) is 16.6. The number of amides is 1. The Bertz CT molecular complexity index is 946. The highest BCUT2D eigenvalue weighted by atomic mass is 32.2. The highest BCUT2D eigenvalue weighted by molar-refractivity contribution is 7.90. The Labute approximate surface area is 166 Å². The van der Waals surface area contributed by atoms with E-state index in [4.69, 9.17) is 5.73 Å². The highest BCUT2D eigenvalue weighted by Crippen LogP contribution is 2.22. The summed E-state index contributed by atoms with van der Waals surface area (Å²) in [6, 6.07) is 7.93. The molecule has 1 atom stereocenters. The molecule has 1 aliphatic rings. The van der Waals surface area contributed by atoms with Crippen molar-refractivity contribution in [1.29, 1.82) is 0 Å². The predicted molar refractivity (Wildman–Crippen MR) is 110 cm³/mol. The molecule has 1 aromatic heterocycles. The maximum atomic E-state index is 12.9. The zero-order chi connectivity index (χ0) is 20.5. The van der Waals surface area contributed by atoms with Crippen molar-refractivity contribution >= 4 is 26.6 Å². The Morgan fingerprint density at radius 1 is 1.29 bits per heavy atom. The number of likely N-dealkylation sites (tertiary alicyclic amines) is 1. The lowest BCUT2D eigenvalue weighted by Gasteiger charge is -2.35. The first-order valence-electron chi connectivity index (χ1n) is 9.61. The van der Waals surface area contributed by atoms with E-state index in [0.717, 1.165) is 23.7 Å². The van der Waals surface area contributed by atoms with Crippen LogP contribution in [0.5, 0.6) is 0 Å². The highest BCUT2D eigenvalue weighted by Gasteiger charge is 2.27. The van der Waals surface area contributed by atoms with Gasteiger partial charge in [-0.15, -0.1) is 0 Å². The third-order valence-electron chi connectivity index (χ3n) is 5.13. The summed E-state index contributed by atoms with van der Waals surface area (Å²) in [4.78, 5) is 14.8. The number of carbonyl (C=O) groups is 1. The van der Waals surface area contributed by atoms with E-state index >= 15 is 0 Å². The van der Waals surface area contributed by atoms with Crippen molar-refractivity contribution in [2.45, 2.75) is 44.9 Å². The number of benzene rings is 1. The van der Waals surface area contributed by atoms with Gasteiger partial charge in [0.1, 0.15) is 9.84 Å². The lowest BCUT2D eigenvalue weighted by molar-refractivity contribution is 0.0894. The van der Waals surface area contributed by atoms with Crippen LogP contribution in [0.1, 0.15) is 43.2 Å². The Balaban J connectivity index is 1.65. The Morgan fingerprint density at radius 3 is 2.54 bits per heavy atom. The van der Waals surface area contributed by atoms with Crippen molar-refractivity contribution in [3.8, 4) is 0 Å². The van der Waals surface area contributed by atoms with Crippen LogP contribution in [-0.2, 0) is 9.84 Å². The first kappa shape index (κ1) is 20.8. The second-order valence-corrected chi connectivity index (χ2v) is 10.0. The van der Waals surface area contributed by atoms with Crippen molar-refractivity contribution in [1.82, 2.24) is 20.0 Å². The van der Waals surface area contributed by atoms with E-state index < -0.39 is 16.0 Å². The van der Waals surface area contributed by atoms with Crippen LogP contribution in [0, 0.1) is 0 Å². The number of hydrogen-bond donors (Lipinski definition) is 2. The van der Waals surface area contributed by atoms with Crippen LogP contribution >= 0.6 is 0 Å². The number of carbonyl (C=O) groups excluding carboxylic acids is 1. The summed E-state index contributed by atoms with van der Waals surface area (Å²) in [7, 11) is -3.11. The Morgan fingerprint density at radius 2 is 1.93 bits per heavy atom. The summed E-state index contributed by atoms with van der Waals surface area (Å²) in [6.07, 6.45) is 2.15. The number of nitrogens with zero attached hydrogens (tertiary/aromatic N) is 3. The van der Waals surface area contributed by atoms with Crippen LogP contribution in [0.15, 0.2) is 24.3 Å². The van der Waals surface area contributed by atoms with E-state index in [0.29, 0.717) is 18.8 Å². The van der Waals surface area contributed by atoms with E-state index in [1.54, 1.807) is 0 Å². The number of nitrogens with one attached hydrogen (secondary N) is 1. The first-order chi connectivity index (χ1) is 13.2. The lowest BCUT2D eigenvalue weighted by Crippen LogP contribution is -2.53. The van der Waals surface area contributed by atoms with Gasteiger partial charge in [-0.1, -0.05) is 18.2 Å². The molecule has 0 spiro atoms. The van der Waals surface area contributed by atoms with Crippen LogP contribution in [0.2, 0.25) is 0 Å². The van der Waals surface area contributed by atoms with Crippen LogP contribution < -0.4 is 11.1 Å². The minimum atomic E-state index is -3.11. The molecule has 154 valence electrons. The van der Waals surface area contributed by atoms with Gasteiger partial charge < -0.3 is 11.1 Å². The van der Waals surface area contributed by atoms with Crippen molar-refractivity contribution in [3.63, 3.8) is 0 Å². The number of para-hydroxylation sites is 1. The summed E-state index contributed by atoms with van der Waals surface area (Å²) in [5, 5.41) is 8.48. The summed E-state index contributed by atoms with van der Waals surface area (Å²) < 4.78 is 24.7. The number of hydrogen-bond acceptors (Lipinski definition) is 6. The molecule has 1 fully saturated rings. The van der Waals surface area contributed by atoms with Gasteiger partial charge >= 0.3 is 0 Å². The average Bonchev–Trinajstić information content (AvgIpc) is 3.01. The number of fused-ring (bicyclic) bond motifs is 1. The van der Waals surface area contributed by atoms with E-state index in [2.05, 4.69) is 10.4 Å². The monoisotopic (exact) mass is 407 g/mol. The maximum absolute atomic E-state index is 12.9. The van der Waals surface area contributed by atoms with E-state index in [1.165, 1.54) is 6.26 Å². The van der Waals surface area contributed by atoms with Gasteiger partial charge in [0, 0.05) is 36.8 Å². The van der Waals surface area contributed by atoms with Gasteiger partial charge in [0.15, 0.2) is 5.69 Å². The summed E-state index contributed by atoms with van der Waals surface area (Å²) in [5.41, 5.74) is 7.41. The average molecular weight is 408 g/mol. The van der Waals surface area contributed by atoms with Crippen molar-refractivity contribution in [3.05, 3.63) is 30.0 Å². The number of nitrogens with two attached hydrogens (primary N) is 1. The van der Waals surface area contributed by atoms with Crippen LogP contribution in [0.25, 0.3) is 10.9 Å². The molecule has 1 unspecified atom stereocenters. The Hall–Kier alpha value is -1.97. The van der Waals surface area contributed by atoms with Gasteiger partial charge in [0.05, 0.1) is 17.4 Å². The number of piperidine rings is 1.